The number of nitrogen functional groups attached to an aromatic ring is 1. The first-order valence-electron chi connectivity index (χ1n) is 6.37. The summed E-state index contributed by atoms with van der Waals surface area (Å²) in [5.74, 6) is -0.469. The molecule has 0 aliphatic rings. The average molecular weight is 263 g/mol. The van der Waals surface area contributed by atoms with E-state index in [0.717, 1.165) is 17.5 Å². The topological polar surface area (TPSA) is 84.2 Å². The van der Waals surface area contributed by atoms with Crippen LogP contribution in [0.3, 0.4) is 0 Å². The Balaban J connectivity index is 2.64. The maximum Gasteiger partial charge on any atom is 0.252 e. The number of anilines is 1. The molecule has 1 aromatic rings. The Kier molecular flexibility index (Phi) is 5.36. The average Bonchev–Trinajstić information content (AvgIpc) is 2.37. The van der Waals surface area contributed by atoms with Crippen molar-refractivity contribution >= 4 is 17.5 Å². The van der Waals surface area contributed by atoms with E-state index in [1.807, 2.05) is 26.8 Å². The molecule has 0 saturated carbocycles. The van der Waals surface area contributed by atoms with Gasteiger partial charge in [0, 0.05) is 17.8 Å². The molecule has 4 N–H and O–H groups in total. The van der Waals surface area contributed by atoms with Gasteiger partial charge in [-0.3, -0.25) is 9.59 Å². The molecule has 0 unspecified atom stereocenters. The van der Waals surface area contributed by atoms with Crippen molar-refractivity contribution in [3.8, 4) is 0 Å². The number of hydrogen-bond acceptors (Lipinski definition) is 3. The number of carbonyl (C=O) groups excluding carboxylic acids is 2. The lowest BCUT2D eigenvalue weighted by Crippen LogP contribution is -2.37. The van der Waals surface area contributed by atoms with Crippen LogP contribution in [-0.2, 0) is 4.79 Å². The summed E-state index contributed by atoms with van der Waals surface area (Å²) in [5, 5.41) is 5.28. The summed E-state index contributed by atoms with van der Waals surface area (Å²) in [6, 6.07) is 3.51. The normalized spacial score (nSPS) is 10.1. The summed E-state index contributed by atoms with van der Waals surface area (Å²) < 4.78 is 0. The van der Waals surface area contributed by atoms with Gasteiger partial charge >= 0.3 is 0 Å². The highest BCUT2D eigenvalue weighted by atomic mass is 16.2. The molecule has 19 heavy (non-hydrogen) atoms. The van der Waals surface area contributed by atoms with E-state index >= 15 is 0 Å². The van der Waals surface area contributed by atoms with Crippen LogP contribution < -0.4 is 16.4 Å². The van der Waals surface area contributed by atoms with Gasteiger partial charge in [-0.25, -0.2) is 0 Å². The monoisotopic (exact) mass is 263 g/mol. The van der Waals surface area contributed by atoms with Gasteiger partial charge in [0.1, 0.15) is 0 Å². The van der Waals surface area contributed by atoms with Crippen molar-refractivity contribution in [1.29, 1.82) is 0 Å². The molecule has 5 heteroatoms. The number of hydrogen-bond donors (Lipinski definition) is 3. The Hall–Kier alpha value is -2.04. The predicted octanol–water partition coefficient (Wildman–Crippen LogP) is 1.14. The molecule has 0 radical (unpaired) electrons. The van der Waals surface area contributed by atoms with Gasteiger partial charge in [-0.2, -0.15) is 0 Å². The standard InChI is InChI=1S/C14H21N3O2/c1-4-5-16-13(18)8-17-14(19)11-7-12(15)10(3)6-9(11)2/h6-7H,4-5,8,15H2,1-3H3,(H,16,18)(H,17,19). The molecule has 1 rings (SSSR count). The summed E-state index contributed by atoms with van der Waals surface area (Å²) >= 11 is 0. The van der Waals surface area contributed by atoms with Crippen molar-refractivity contribution in [3.63, 3.8) is 0 Å². The molecule has 5 nitrogen and oxygen atoms in total. The minimum absolute atomic E-state index is 0.0218. The number of nitrogens with one attached hydrogen (secondary N) is 2. The molecule has 0 aromatic heterocycles. The molecule has 0 atom stereocenters. The quantitative estimate of drug-likeness (QED) is 0.696. The molecule has 104 valence electrons. The first kappa shape index (κ1) is 15.0. The second kappa shape index (κ2) is 6.78. The van der Waals surface area contributed by atoms with Gasteiger partial charge < -0.3 is 16.4 Å². The fourth-order valence-electron chi connectivity index (χ4n) is 1.70. The third-order valence-electron chi connectivity index (χ3n) is 2.84. The van der Waals surface area contributed by atoms with Gasteiger partial charge in [0.05, 0.1) is 6.54 Å². The molecule has 0 bridgehead atoms. The first-order valence-corrected chi connectivity index (χ1v) is 6.37. The molecule has 0 aliphatic carbocycles. The van der Waals surface area contributed by atoms with E-state index in [9.17, 15) is 9.59 Å². The van der Waals surface area contributed by atoms with Crippen LogP contribution in [0.15, 0.2) is 12.1 Å². The smallest absolute Gasteiger partial charge is 0.252 e. The van der Waals surface area contributed by atoms with Gasteiger partial charge in [0.15, 0.2) is 0 Å². The molecule has 0 saturated heterocycles. The van der Waals surface area contributed by atoms with Crippen LogP contribution >= 0.6 is 0 Å². The van der Waals surface area contributed by atoms with Gasteiger partial charge in [-0.05, 0) is 37.5 Å². The summed E-state index contributed by atoms with van der Waals surface area (Å²) in [6.45, 7) is 6.30. The van der Waals surface area contributed by atoms with Crippen LogP contribution in [0, 0.1) is 13.8 Å². The zero-order valence-corrected chi connectivity index (χ0v) is 11.7. The third-order valence-corrected chi connectivity index (χ3v) is 2.84. The summed E-state index contributed by atoms with van der Waals surface area (Å²) in [4.78, 5) is 23.4. The number of carbonyl (C=O) groups is 2. The van der Waals surface area contributed by atoms with Gasteiger partial charge in [-0.15, -0.1) is 0 Å². The molecule has 0 aliphatic heterocycles. The van der Waals surface area contributed by atoms with Crippen LogP contribution in [0.5, 0.6) is 0 Å². The highest BCUT2D eigenvalue weighted by molar-refractivity contribution is 5.98. The Morgan fingerprint density at radius 2 is 1.84 bits per heavy atom. The fourth-order valence-corrected chi connectivity index (χ4v) is 1.70. The lowest BCUT2D eigenvalue weighted by Gasteiger charge is -2.10. The van der Waals surface area contributed by atoms with E-state index in [0.29, 0.717) is 17.8 Å². The Labute approximate surface area is 113 Å². The van der Waals surface area contributed by atoms with Crippen LogP contribution in [0.1, 0.15) is 34.8 Å². The van der Waals surface area contributed by atoms with Gasteiger partial charge in [0.25, 0.3) is 5.91 Å². The molecule has 1 aromatic carbocycles. The maximum atomic E-state index is 12.0. The Morgan fingerprint density at radius 3 is 2.47 bits per heavy atom. The SMILES string of the molecule is CCCNC(=O)CNC(=O)c1cc(N)c(C)cc1C. The van der Waals surface area contributed by atoms with Crippen molar-refractivity contribution in [2.24, 2.45) is 0 Å². The van der Waals surface area contributed by atoms with Gasteiger partial charge in [-0.1, -0.05) is 13.0 Å². The van der Waals surface area contributed by atoms with Crippen molar-refractivity contribution in [2.45, 2.75) is 27.2 Å². The van der Waals surface area contributed by atoms with Crippen molar-refractivity contribution < 1.29 is 9.59 Å². The highest BCUT2D eigenvalue weighted by Crippen LogP contribution is 2.17. The van der Waals surface area contributed by atoms with E-state index < -0.39 is 0 Å². The molecular formula is C14H21N3O2. The van der Waals surface area contributed by atoms with Crippen LogP contribution in [0.25, 0.3) is 0 Å². The lowest BCUT2D eigenvalue weighted by molar-refractivity contribution is -0.120. The number of aryl methyl sites for hydroxylation is 2. The number of rotatable bonds is 5. The van der Waals surface area contributed by atoms with E-state index in [-0.39, 0.29) is 18.4 Å². The van der Waals surface area contributed by atoms with Crippen LogP contribution in [0.2, 0.25) is 0 Å². The Morgan fingerprint density at radius 1 is 1.16 bits per heavy atom. The lowest BCUT2D eigenvalue weighted by atomic mass is 10.0. The van der Waals surface area contributed by atoms with Crippen molar-refractivity contribution in [3.05, 3.63) is 28.8 Å². The van der Waals surface area contributed by atoms with E-state index in [1.165, 1.54) is 0 Å². The Bertz CT molecular complexity index is 484. The minimum atomic E-state index is -0.282. The second-order valence-corrected chi connectivity index (χ2v) is 4.56. The zero-order chi connectivity index (χ0) is 14.4. The number of amides is 2. The summed E-state index contributed by atoms with van der Waals surface area (Å²) in [7, 11) is 0. The molecule has 0 fully saturated rings. The van der Waals surface area contributed by atoms with Gasteiger partial charge in [0.2, 0.25) is 5.91 Å². The third kappa shape index (κ3) is 4.28. The maximum absolute atomic E-state index is 12.0. The van der Waals surface area contributed by atoms with Crippen LogP contribution in [-0.4, -0.2) is 24.9 Å². The van der Waals surface area contributed by atoms with E-state index in [2.05, 4.69) is 10.6 Å². The zero-order valence-electron chi connectivity index (χ0n) is 11.7. The predicted molar refractivity (Wildman–Crippen MR) is 76.0 cm³/mol. The molecule has 0 spiro atoms. The largest absolute Gasteiger partial charge is 0.398 e. The van der Waals surface area contributed by atoms with Crippen molar-refractivity contribution in [2.75, 3.05) is 18.8 Å². The highest BCUT2D eigenvalue weighted by Gasteiger charge is 2.11. The summed E-state index contributed by atoms with van der Waals surface area (Å²) in [6.07, 6.45) is 0.868. The number of benzene rings is 1. The second-order valence-electron chi connectivity index (χ2n) is 4.56. The van der Waals surface area contributed by atoms with Crippen molar-refractivity contribution in [1.82, 2.24) is 10.6 Å². The summed E-state index contributed by atoms with van der Waals surface area (Å²) in [5.41, 5.74) is 8.66. The number of nitrogens with two attached hydrogens (primary N) is 1. The van der Waals surface area contributed by atoms with E-state index in [1.54, 1.807) is 6.07 Å². The van der Waals surface area contributed by atoms with Crippen LogP contribution in [0.4, 0.5) is 5.69 Å². The van der Waals surface area contributed by atoms with E-state index in [4.69, 9.17) is 5.73 Å². The fraction of sp³-hybridized carbons (Fsp3) is 0.429. The first-order chi connectivity index (χ1) is 8.95. The molecule has 2 amide bonds. The molecular weight excluding hydrogens is 242 g/mol. The molecule has 0 heterocycles. The minimum Gasteiger partial charge on any atom is -0.398 e.